The molecule has 1 aromatic rings. The summed E-state index contributed by atoms with van der Waals surface area (Å²) in [5, 5.41) is 0. The first-order chi connectivity index (χ1) is 5.97. The van der Waals surface area contributed by atoms with Crippen molar-refractivity contribution in [1.29, 1.82) is 0 Å². The summed E-state index contributed by atoms with van der Waals surface area (Å²) in [6, 6.07) is 3.93. The average molecular weight is 159 g/mol. The van der Waals surface area contributed by atoms with Crippen molar-refractivity contribution in [3.8, 4) is 0 Å². The van der Waals surface area contributed by atoms with Crippen LogP contribution in [0.3, 0.4) is 0 Å². The molecule has 2 nitrogen and oxygen atoms in total. The topological polar surface area (TPSA) is 22.1 Å². The zero-order chi connectivity index (χ0) is 8.23. The third-order valence-corrected chi connectivity index (χ3v) is 1.70. The fraction of sp³-hybridized carbons (Fsp3) is 0.100. The molecule has 0 aliphatic carbocycles. The van der Waals surface area contributed by atoms with Crippen molar-refractivity contribution in [2.75, 3.05) is 6.61 Å². The van der Waals surface area contributed by atoms with Gasteiger partial charge in [0.25, 0.3) is 0 Å². The molecule has 0 radical (unpaired) electrons. The van der Waals surface area contributed by atoms with Crippen molar-refractivity contribution in [3.63, 3.8) is 0 Å². The molecule has 1 aliphatic heterocycles. The molecule has 0 N–H and O–H groups in total. The van der Waals surface area contributed by atoms with Crippen LogP contribution in [0.1, 0.15) is 5.56 Å². The summed E-state index contributed by atoms with van der Waals surface area (Å²) in [6.45, 7) is 0.670. The van der Waals surface area contributed by atoms with Gasteiger partial charge < -0.3 is 4.74 Å². The quantitative estimate of drug-likeness (QED) is 0.625. The maximum absolute atomic E-state index is 5.16. The SMILES string of the molecule is C1=CC(c2cccnc2)=COC1. The molecule has 1 aliphatic rings. The standard InChI is InChI=1S/C10H9NO/c1-3-9(7-11-5-1)10-4-2-6-12-8-10/h1-5,7-8H,6H2. The molecule has 2 rings (SSSR count). The maximum Gasteiger partial charge on any atom is 0.106 e. The normalized spacial score (nSPS) is 15.2. The van der Waals surface area contributed by atoms with Crippen LogP contribution in [0.5, 0.6) is 0 Å². The highest BCUT2D eigenvalue weighted by Crippen LogP contribution is 2.16. The first kappa shape index (κ1) is 7.10. The lowest BCUT2D eigenvalue weighted by Crippen LogP contribution is -1.91. The molecule has 12 heavy (non-hydrogen) atoms. The minimum absolute atomic E-state index is 0.670. The lowest BCUT2D eigenvalue weighted by atomic mass is 10.1. The minimum Gasteiger partial charge on any atom is -0.496 e. The number of hydrogen-bond acceptors (Lipinski definition) is 2. The average Bonchev–Trinajstić information content (AvgIpc) is 2.21. The Labute approximate surface area is 71.2 Å². The highest BCUT2D eigenvalue weighted by molar-refractivity contribution is 5.73. The second-order valence-electron chi connectivity index (χ2n) is 2.55. The smallest absolute Gasteiger partial charge is 0.106 e. The third kappa shape index (κ3) is 1.37. The van der Waals surface area contributed by atoms with Crippen molar-refractivity contribution >= 4 is 5.57 Å². The van der Waals surface area contributed by atoms with Gasteiger partial charge in [0, 0.05) is 23.5 Å². The molecule has 0 bridgehead atoms. The second-order valence-corrected chi connectivity index (χ2v) is 2.55. The number of ether oxygens (including phenoxy) is 1. The summed E-state index contributed by atoms with van der Waals surface area (Å²) in [4.78, 5) is 4.03. The first-order valence-corrected chi connectivity index (χ1v) is 3.85. The number of allylic oxidation sites excluding steroid dienone is 2. The summed E-state index contributed by atoms with van der Waals surface area (Å²) in [6.07, 6.45) is 9.38. The van der Waals surface area contributed by atoms with Crippen LogP contribution < -0.4 is 0 Å². The number of nitrogens with zero attached hydrogens (tertiary/aromatic N) is 1. The zero-order valence-electron chi connectivity index (χ0n) is 6.60. The Morgan fingerprint density at radius 2 is 2.42 bits per heavy atom. The van der Waals surface area contributed by atoms with Crippen LogP contribution in [0.2, 0.25) is 0 Å². The molecule has 0 aromatic carbocycles. The van der Waals surface area contributed by atoms with Crippen LogP contribution in [0.15, 0.2) is 42.9 Å². The number of rotatable bonds is 1. The van der Waals surface area contributed by atoms with E-state index in [0.29, 0.717) is 6.61 Å². The van der Waals surface area contributed by atoms with E-state index in [4.69, 9.17) is 4.74 Å². The number of hydrogen-bond donors (Lipinski definition) is 0. The summed E-state index contributed by atoms with van der Waals surface area (Å²) in [5.41, 5.74) is 2.17. The lowest BCUT2D eigenvalue weighted by molar-refractivity contribution is 0.288. The molecule has 0 saturated carbocycles. The number of aromatic nitrogens is 1. The van der Waals surface area contributed by atoms with Gasteiger partial charge in [-0.05, 0) is 12.1 Å². The molecule has 0 spiro atoms. The predicted molar refractivity (Wildman–Crippen MR) is 47.3 cm³/mol. The van der Waals surface area contributed by atoms with Crippen molar-refractivity contribution in [3.05, 3.63) is 48.5 Å². The van der Waals surface area contributed by atoms with E-state index in [1.165, 1.54) is 0 Å². The Morgan fingerprint density at radius 1 is 1.42 bits per heavy atom. The Bertz CT molecular complexity index is 314. The van der Waals surface area contributed by atoms with E-state index in [2.05, 4.69) is 4.98 Å². The summed E-state index contributed by atoms with van der Waals surface area (Å²) < 4.78 is 5.16. The maximum atomic E-state index is 5.16. The summed E-state index contributed by atoms with van der Waals surface area (Å²) in [7, 11) is 0. The van der Waals surface area contributed by atoms with Crippen LogP contribution >= 0.6 is 0 Å². The van der Waals surface area contributed by atoms with Crippen LogP contribution in [0.25, 0.3) is 5.57 Å². The minimum atomic E-state index is 0.670. The van der Waals surface area contributed by atoms with Crippen LogP contribution in [0.4, 0.5) is 0 Å². The molecule has 2 heterocycles. The van der Waals surface area contributed by atoms with E-state index in [9.17, 15) is 0 Å². The van der Waals surface area contributed by atoms with Gasteiger partial charge in [0.05, 0.1) is 6.26 Å². The Hall–Kier alpha value is -1.57. The molecule has 2 heteroatoms. The van der Waals surface area contributed by atoms with E-state index in [-0.39, 0.29) is 0 Å². The van der Waals surface area contributed by atoms with Crippen molar-refractivity contribution < 1.29 is 4.74 Å². The van der Waals surface area contributed by atoms with Crippen LogP contribution in [-0.4, -0.2) is 11.6 Å². The molecule has 0 amide bonds. The first-order valence-electron chi connectivity index (χ1n) is 3.85. The van der Waals surface area contributed by atoms with Gasteiger partial charge in [-0.25, -0.2) is 0 Å². The van der Waals surface area contributed by atoms with Gasteiger partial charge in [0.1, 0.15) is 6.61 Å². The molecule has 60 valence electrons. The van der Waals surface area contributed by atoms with Gasteiger partial charge in [-0.3, -0.25) is 4.98 Å². The highest BCUT2D eigenvalue weighted by Gasteiger charge is 1.99. The van der Waals surface area contributed by atoms with E-state index in [1.54, 1.807) is 12.5 Å². The molecular weight excluding hydrogens is 150 g/mol. The highest BCUT2D eigenvalue weighted by atomic mass is 16.5. The van der Waals surface area contributed by atoms with Gasteiger partial charge in [-0.2, -0.15) is 0 Å². The summed E-state index contributed by atoms with van der Waals surface area (Å²) in [5.74, 6) is 0. The van der Waals surface area contributed by atoms with Gasteiger partial charge >= 0.3 is 0 Å². The monoisotopic (exact) mass is 159 g/mol. The fourth-order valence-corrected chi connectivity index (χ4v) is 1.11. The Kier molecular flexibility index (Phi) is 1.90. The van der Waals surface area contributed by atoms with Crippen molar-refractivity contribution in [1.82, 2.24) is 4.98 Å². The van der Waals surface area contributed by atoms with E-state index in [1.807, 2.05) is 30.5 Å². The molecular formula is C10H9NO. The van der Waals surface area contributed by atoms with Gasteiger partial charge in [0.2, 0.25) is 0 Å². The Balaban J connectivity index is 2.31. The van der Waals surface area contributed by atoms with E-state index < -0.39 is 0 Å². The van der Waals surface area contributed by atoms with Crippen molar-refractivity contribution in [2.24, 2.45) is 0 Å². The molecule has 0 unspecified atom stereocenters. The molecule has 0 fully saturated rings. The van der Waals surface area contributed by atoms with Crippen LogP contribution in [0, 0.1) is 0 Å². The van der Waals surface area contributed by atoms with Crippen molar-refractivity contribution in [2.45, 2.75) is 0 Å². The van der Waals surface area contributed by atoms with Gasteiger partial charge in [-0.15, -0.1) is 0 Å². The predicted octanol–water partition coefficient (Wildman–Crippen LogP) is 2.01. The van der Waals surface area contributed by atoms with E-state index >= 15 is 0 Å². The Morgan fingerprint density at radius 3 is 3.08 bits per heavy atom. The third-order valence-electron chi connectivity index (χ3n) is 1.70. The largest absolute Gasteiger partial charge is 0.496 e. The fourth-order valence-electron chi connectivity index (χ4n) is 1.11. The van der Waals surface area contributed by atoms with Gasteiger partial charge in [0.15, 0.2) is 0 Å². The molecule has 0 saturated heterocycles. The van der Waals surface area contributed by atoms with Gasteiger partial charge in [-0.1, -0.05) is 12.1 Å². The van der Waals surface area contributed by atoms with E-state index in [0.717, 1.165) is 11.1 Å². The second kappa shape index (κ2) is 3.22. The summed E-state index contributed by atoms with van der Waals surface area (Å²) >= 11 is 0. The lowest BCUT2D eigenvalue weighted by Gasteiger charge is -2.06. The van der Waals surface area contributed by atoms with Crippen LogP contribution in [-0.2, 0) is 4.74 Å². The molecule has 0 atom stereocenters. The molecule has 1 aromatic heterocycles. The zero-order valence-corrected chi connectivity index (χ0v) is 6.60. The number of pyridine rings is 1.